The molecule has 132 valence electrons. The van der Waals surface area contributed by atoms with Crippen LogP contribution in [0.2, 0.25) is 5.02 Å². The zero-order valence-corrected chi connectivity index (χ0v) is 14.5. The molecule has 0 aromatic heterocycles. The van der Waals surface area contributed by atoms with Crippen molar-refractivity contribution in [1.82, 2.24) is 5.32 Å². The average molecular weight is 371 g/mol. The zero-order valence-electron chi connectivity index (χ0n) is 13.8. The topological polar surface area (TPSA) is 58.2 Å². The van der Waals surface area contributed by atoms with Gasteiger partial charge in [0.15, 0.2) is 5.82 Å². The molecule has 0 aliphatic rings. The van der Waals surface area contributed by atoms with E-state index in [2.05, 4.69) is 10.6 Å². The van der Waals surface area contributed by atoms with Crippen LogP contribution in [-0.4, -0.2) is 18.4 Å². The number of fused-ring (bicyclic) bond motifs is 1. The smallest absolute Gasteiger partial charge is 0.243 e. The summed E-state index contributed by atoms with van der Waals surface area (Å²) in [6.45, 7) is -0.254. The third kappa shape index (κ3) is 4.18. The Morgan fingerprint density at radius 3 is 2.50 bits per heavy atom. The summed E-state index contributed by atoms with van der Waals surface area (Å²) in [7, 11) is 0. The Hall–Kier alpha value is -2.92. The Balaban J connectivity index is 1.58. The van der Waals surface area contributed by atoms with Crippen molar-refractivity contribution in [2.24, 2.45) is 0 Å². The van der Waals surface area contributed by atoms with E-state index in [1.165, 1.54) is 18.2 Å². The largest absolute Gasteiger partial charge is 0.347 e. The van der Waals surface area contributed by atoms with Crippen molar-refractivity contribution in [3.8, 4) is 0 Å². The number of nitrogens with one attached hydrogen (secondary N) is 2. The van der Waals surface area contributed by atoms with E-state index >= 15 is 0 Å². The predicted molar refractivity (Wildman–Crippen MR) is 101 cm³/mol. The van der Waals surface area contributed by atoms with E-state index in [9.17, 15) is 14.0 Å². The van der Waals surface area contributed by atoms with Crippen molar-refractivity contribution in [3.63, 3.8) is 0 Å². The Morgan fingerprint density at radius 2 is 1.65 bits per heavy atom. The van der Waals surface area contributed by atoms with Gasteiger partial charge in [-0.2, -0.15) is 0 Å². The second kappa shape index (κ2) is 7.97. The molecule has 3 aromatic rings. The molecule has 26 heavy (non-hydrogen) atoms. The van der Waals surface area contributed by atoms with Crippen molar-refractivity contribution in [2.75, 3.05) is 11.9 Å². The summed E-state index contributed by atoms with van der Waals surface area (Å²) in [5.41, 5.74) is 0.854. The van der Waals surface area contributed by atoms with E-state index in [0.29, 0.717) is 0 Å². The Kier molecular flexibility index (Phi) is 5.49. The Labute approximate surface area is 155 Å². The van der Waals surface area contributed by atoms with Gasteiger partial charge in [-0.05, 0) is 28.5 Å². The van der Waals surface area contributed by atoms with E-state index in [0.717, 1.165) is 16.3 Å². The molecule has 0 radical (unpaired) electrons. The number of carbonyl (C=O) groups is 2. The molecule has 0 fully saturated rings. The van der Waals surface area contributed by atoms with Gasteiger partial charge in [0.05, 0.1) is 23.7 Å². The fourth-order valence-corrected chi connectivity index (χ4v) is 2.83. The number of anilines is 1. The molecule has 0 aliphatic heterocycles. The molecule has 6 heteroatoms. The van der Waals surface area contributed by atoms with Crippen LogP contribution >= 0.6 is 11.6 Å². The minimum absolute atomic E-state index is 0.0224. The molecule has 0 saturated carbocycles. The van der Waals surface area contributed by atoms with E-state index in [4.69, 9.17) is 11.6 Å². The maximum atomic E-state index is 13.8. The van der Waals surface area contributed by atoms with E-state index in [1.807, 2.05) is 42.5 Å². The second-order valence-corrected chi connectivity index (χ2v) is 6.15. The molecule has 4 nitrogen and oxygen atoms in total. The van der Waals surface area contributed by atoms with Crippen molar-refractivity contribution in [2.45, 2.75) is 6.42 Å². The normalized spacial score (nSPS) is 10.5. The van der Waals surface area contributed by atoms with Crippen molar-refractivity contribution in [3.05, 3.63) is 77.1 Å². The molecular weight excluding hydrogens is 355 g/mol. The van der Waals surface area contributed by atoms with Gasteiger partial charge >= 0.3 is 0 Å². The van der Waals surface area contributed by atoms with Gasteiger partial charge in [0.25, 0.3) is 0 Å². The monoisotopic (exact) mass is 370 g/mol. The molecule has 0 spiro atoms. The van der Waals surface area contributed by atoms with Crippen LogP contribution in [0.4, 0.5) is 10.1 Å². The highest BCUT2D eigenvalue weighted by molar-refractivity contribution is 6.31. The highest BCUT2D eigenvalue weighted by Gasteiger charge is 2.12. The molecular formula is C20H16ClFN2O2. The van der Waals surface area contributed by atoms with Crippen LogP contribution in [0.25, 0.3) is 10.8 Å². The lowest BCUT2D eigenvalue weighted by Gasteiger charge is -2.09. The van der Waals surface area contributed by atoms with Crippen LogP contribution < -0.4 is 10.6 Å². The number of amides is 2. The van der Waals surface area contributed by atoms with Gasteiger partial charge in [0.2, 0.25) is 11.8 Å². The van der Waals surface area contributed by atoms with Gasteiger partial charge in [-0.25, -0.2) is 4.39 Å². The van der Waals surface area contributed by atoms with Crippen LogP contribution in [0.3, 0.4) is 0 Å². The first-order valence-corrected chi connectivity index (χ1v) is 8.39. The Morgan fingerprint density at radius 1 is 0.923 bits per heavy atom. The summed E-state index contributed by atoms with van der Waals surface area (Å²) in [4.78, 5) is 24.1. The molecule has 2 amide bonds. The summed E-state index contributed by atoms with van der Waals surface area (Å²) in [6.07, 6.45) is 0.153. The number of carbonyl (C=O) groups excluding carboxylic acids is 2. The molecule has 2 N–H and O–H groups in total. The maximum Gasteiger partial charge on any atom is 0.243 e. The lowest BCUT2D eigenvalue weighted by atomic mass is 10.0. The predicted octanol–water partition coefficient (Wildman–Crippen LogP) is 3.93. The number of hydrogen-bond acceptors (Lipinski definition) is 2. The highest BCUT2D eigenvalue weighted by atomic mass is 35.5. The number of benzene rings is 3. The summed E-state index contributed by atoms with van der Waals surface area (Å²) in [5.74, 6) is -1.52. The molecule has 0 atom stereocenters. The quantitative estimate of drug-likeness (QED) is 0.715. The molecule has 0 saturated heterocycles. The highest BCUT2D eigenvalue weighted by Crippen LogP contribution is 2.22. The summed E-state index contributed by atoms with van der Waals surface area (Å²) in [5, 5.41) is 6.89. The first-order valence-electron chi connectivity index (χ1n) is 8.02. The van der Waals surface area contributed by atoms with Crippen molar-refractivity contribution >= 4 is 39.9 Å². The van der Waals surface area contributed by atoms with E-state index in [1.54, 1.807) is 0 Å². The first-order chi connectivity index (χ1) is 12.5. The fraction of sp³-hybridized carbons (Fsp3) is 0.100. The SMILES string of the molecule is O=C(Cc1cccc2ccccc12)NCC(=O)Nc1cccc(Cl)c1F. The summed E-state index contributed by atoms with van der Waals surface area (Å²) >= 11 is 5.67. The molecule has 3 aromatic carbocycles. The van der Waals surface area contributed by atoms with Gasteiger partial charge in [-0.15, -0.1) is 0 Å². The third-order valence-corrected chi connectivity index (χ3v) is 4.19. The number of hydrogen-bond donors (Lipinski definition) is 2. The van der Waals surface area contributed by atoms with E-state index < -0.39 is 11.7 Å². The number of halogens is 2. The van der Waals surface area contributed by atoms with Crippen LogP contribution in [-0.2, 0) is 16.0 Å². The number of rotatable bonds is 5. The molecule has 3 rings (SSSR count). The second-order valence-electron chi connectivity index (χ2n) is 5.74. The zero-order chi connectivity index (χ0) is 18.5. The maximum absolute atomic E-state index is 13.8. The molecule has 0 bridgehead atoms. The molecule has 0 unspecified atom stereocenters. The van der Waals surface area contributed by atoms with Gasteiger partial charge in [0, 0.05) is 0 Å². The first kappa shape index (κ1) is 17.9. The van der Waals surface area contributed by atoms with Crippen LogP contribution in [0.5, 0.6) is 0 Å². The standard InChI is InChI=1S/C20H16ClFN2O2/c21-16-9-4-10-17(20(16)22)24-19(26)12-23-18(25)11-14-7-3-6-13-5-1-2-8-15(13)14/h1-10H,11-12H2,(H,23,25)(H,24,26). The lowest BCUT2D eigenvalue weighted by molar-refractivity contribution is -0.123. The van der Waals surface area contributed by atoms with Gasteiger partial charge < -0.3 is 10.6 Å². The van der Waals surface area contributed by atoms with Gasteiger partial charge in [-0.3, -0.25) is 9.59 Å². The fourth-order valence-electron chi connectivity index (χ4n) is 2.66. The Bertz CT molecular complexity index is 970. The lowest BCUT2D eigenvalue weighted by Crippen LogP contribution is -2.34. The minimum atomic E-state index is -0.704. The molecule has 0 aliphatic carbocycles. The van der Waals surface area contributed by atoms with Gasteiger partial charge in [0.1, 0.15) is 0 Å². The molecule has 0 heterocycles. The minimum Gasteiger partial charge on any atom is -0.347 e. The average Bonchev–Trinajstić information content (AvgIpc) is 2.64. The summed E-state index contributed by atoms with van der Waals surface area (Å²) in [6, 6.07) is 17.8. The van der Waals surface area contributed by atoms with Crippen LogP contribution in [0.1, 0.15) is 5.56 Å². The van der Waals surface area contributed by atoms with Crippen molar-refractivity contribution < 1.29 is 14.0 Å². The summed E-state index contributed by atoms with van der Waals surface area (Å²) < 4.78 is 13.8. The van der Waals surface area contributed by atoms with Crippen LogP contribution in [0, 0.1) is 5.82 Å². The van der Waals surface area contributed by atoms with E-state index in [-0.39, 0.29) is 29.6 Å². The van der Waals surface area contributed by atoms with Gasteiger partial charge in [-0.1, -0.05) is 60.1 Å². The van der Waals surface area contributed by atoms with Crippen LogP contribution in [0.15, 0.2) is 60.7 Å². The van der Waals surface area contributed by atoms with Crippen molar-refractivity contribution in [1.29, 1.82) is 0 Å². The third-order valence-electron chi connectivity index (χ3n) is 3.90.